The minimum Gasteiger partial charge on any atom is -0.469 e. The van der Waals surface area contributed by atoms with E-state index in [9.17, 15) is 4.79 Å². The molecule has 6 heteroatoms. The van der Waals surface area contributed by atoms with E-state index in [1.54, 1.807) is 6.08 Å². The van der Waals surface area contributed by atoms with Crippen LogP contribution in [0.15, 0.2) is 43.0 Å². The molecule has 0 heterocycles. The predicted molar refractivity (Wildman–Crippen MR) is 117 cm³/mol. The minimum absolute atomic E-state index is 0.0301. The molecular weight excluding hydrogens is 370 g/mol. The Hall–Kier alpha value is -1.47. The van der Waals surface area contributed by atoms with Crippen LogP contribution in [0, 0.1) is 0 Å². The standard InChI is InChI=1S/C22H37NO4Si/c1-8-19(23)20(26-16-17-12-10-9-11-13-17)14-18(15-21(24)25-5)27-28(6,7)22(2,3)4/h8-13,18-20H,1,14-16,23H2,2-7H3/t18-,19-,20-/m0/s1. The summed E-state index contributed by atoms with van der Waals surface area (Å²) in [7, 11) is -0.683. The highest BCUT2D eigenvalue weighted by Crippen LogP contribution is 2.38. The highest BCUT2D eigenvalue weighted by molar-refractivity contribution is 6.74. The number of esters is 1. The van der Waals surface area contributed by atoms with Crippen molar-refractivity contribution in [1.29, 1.82) is 0 Å². The second kappa shape index (κ2) is 10.9. The Balaban J connectivity index is 2.94. The van der Waals surface area contributed by atoms with E-state index < -0.39 is 8.32 Å². The molecule has 0 saturated heterocycles. The maximum absolute atomic E-state index is 12.0. The zero-order chi connectivity index (χ0) is 21.4. The summed E-state index contributed by atoms with van der Waals surface area (Å²) in [5.74, 6) is -0.294. The van der Waals surface area contributed by atoms with Gasteiger partial charge in [-0.15, -0.1) is 6.58 Å². The predicted octanol–water partition coefficient (Wildman–Crippen LogP) is 4.43. The quantitative estimate of drug-likeness (QED) is 0.334. The Morgan fingerprint density at radius 1 is 1.25 bits per heavy atom. The van der Waals surface area contributed by atoms with Crippen LogP contribution in [0.5, 0.6) is 0 Å². The van der Waals surface area contributed by atoms with Crippen LogP contribution in [0.25, 0.3) is 0 Å². The van der Waals surface area contributed by atoms with Crippen molar-refractivity contribution >= 4 is 14.3 Å². The summed E-state index contributed by atoms with van der Waals surface area (Å²) in [5.41, 5.74) is 7.31. The van der Waals surface area contributed by atoms with Crippen molar-refractivity contribution in [3.05, 3.63) is 48.6 Å². The zero-order valence-corrected chi connectivity index (χ0v) is 19.2. The summed E-state index contributed by atoms with van der Waals surface area (Å²) in [5, 5.41) is 0.0301. The topological polar surface area (TPSA) is 70.8 Å². The number of benzene rings is 1. The molecule has 1 aromatic rings. The van der Waals surface area contributed by atoms with Gasteiger partial charge in [0.05, 0.1) is 32.3 Å². The van der Waals surface area contributed by atoms with E-state index in [2.05, 4.69) is 40.4 Å². The first-order valence-electron chi connectivity index (χ1n) is 9.78. The summed E-state index contributed by atoms with van der Waals surface area (Å²) in [6.45, 7) is 15.1. The Morgan fingerprint density at radius 3 is 2.36 bits per heavy atom. The molecular formula is C22H37NO4Si. The van der Waals surface area contributed by atoms with Crippen molar-refractivity contribution in [2.24, 2.45) is 5.73 Å². The summed E-state index contributed by atoms with van der Waals surface area (Å²) in [6.07, 6.45) is 1.73. The Morgan fingerprint density at radius 2 is 1.86 bits per heavy atom. The number of hydrogen-bond acceptors (Lipinski definition) is 5. The molecule has 0 saturated carbocycles. The maximum Gasteiger partial charge on any atom is 0.308 e. The molecule has 5 nitrogen and oxygen atoms in total. The van der Waals surface area contributed by atoms with Crippen molar-refractivity contribution in [3.8, 4) is 0 Å². The molecule has 3 atom stereocenters. The zero-order valence-electron chi connectivity index (χ0n) is 18.2. The summed E-state index contributed by atoms with van der Waals surface area (Å²) < 4.78 is 17.5. The SMILES string of the molecule is C=C[C@H](N)[C@H](C[C@@H](CC(=O)OC)O[Si](C)(C)C(C)(C)C)OCc1ccccc1. The summed E-state index contributed by atoms with van der Waals surface area (Å²) >= 11 is 0. The molecule has 2 N–H and O–H groups in total. The number of carbonyl (C=O) groups excluding carboxylic acids is 1. The number of nitrogens with two attached hydrogens (primary N) is 1. The molecule has 0 amide bonds. The first-order chi connectivity index (χ1) is 13.0. The number of methoxy groups -OCH3 is 1. The van der Waals surface area contributed by atoms with Gasteiger partial charge < -0.3 is 19.6 Å². The molecule has 1 rings (SSSR count). The van der Waals surface area contributed by atoms with E-state index in [-0.39, 0.29) is 35.7 Å². The number of carbonyl (C=O) groups is 1. The molecule has 0 spiro atoms. The van der Waals surface area contributed by atoms with Crippen LogP contribution < -0.4 is 5.73 Å². The van der Waals surface area contributed by atoms with E-state index >= 15 is 0 Å². The molecule has 0 aliphatic heterocycles. The molecule has 0 radical (unpaired) electrons. The molecule has 0 fully saturated rings. The van der Waals surface area contributed by atoms with Gasteiger partial charge in [0.15, 0.2) is 8.32 Å². The lowest BCUT2D eigenvalue weighted by Crippen LogP contribution is -2.47. The van der Waals surface area contributed by atoms with Crippen molar-refractivity contribution in [2.45, 2.75) is 76.6 Å². The van der Waals surface area contributed by atoms with Gasteiger partial charge in [-0.05, 0) is 23.7 Å². The van der Waals surface area contributed by atoms with Gasteiger partial charge in [-0.2, -0.15) is 0 Å². The molecule has 1 aromatic carbocycles. The van der Waals surface area contributed by atoms with Gasteiger partial charge in [-0.1, -0.05) is 57.2 Å². The van der Waals surface area contributed by atoms with Crippen molar-refractivity contribution in [1.82, 2.24) is 0 Å². The molecule has 158 valence electrons. The first-order valence-corrected chi connectivity index (χ1v) is 12.7. The van der Waals surface area contributed by atoms with Crippen LogP contribution in [0.3, 0.4) is 0 Å². The Kier molecular flexibility index (Phi) is 9.57. The van der Waals surface area contributed by atoms with Crippen molar-refractivity contribution in [3.63, 3.8) is 0 Å². The van der Waals surface area contributed by atoms with Crippen LogP contribution in [0.4, 0.5) is 0 Å². The van der Waals surface area contributed by atoms with Gasteiger partial charge >= 0.3 is 5.97 Å². The third kappa shape index (κ3) is 7.87. The summed E-state index contributed by atoms with van der Waals surface area (Å²) in [6, 6.07) is 9.58. The second-order valence-electron chi connectivity index (χ2n) is 8.66. The smallest absolute Gasteiger partial charge is 0.308 e. The highest BCUT2D eigenvalue weighted by atomic mass is 28.4. The third-order valence-electron chi connectivity index (χ3n) is 5.39. The monoisotopic (exact) mass is 407 g/mol. The van der Waals surface area contributed by atoms with Gasteiger partial charge in [-0.3, -0.25) is 4.79 Å². The lowest BCUT2D eigenvalue weighted by Gasteiger charge is -2.40. The Bertz CT molecular complexity index is 613. The Labute approximate surface area is 171 Å². The van der Waals surface area contributed by atoms with E-state index in [1.165, 1.54) is 7.11 Å². The van der Waals surface area contributed by atoms with Crippen molar-refractivity contribution in [2.75, 3.05) is 7.11 Å². The van der Waals surface area contributed by atoms with Crippen LogP contribution in [0.1, 0.15) is 39.2 Å². The van der Waals surface area contributed by atoms with Gasteiger partial charge in [-0.25, -0.2) is 0 Å². The molecule has 0 bridgehead atoms. The second-order valence-corrected chi connectivity index (χ2v) is 13.4. The number of hydrogen-bond donors (Lipinski definition) is 1. The minimum atomic E-state index is -2.08. The molecule has 0 aromatic heterocycles. The normalized spacial score (nSPS) is 15.5. The molecule has 0 aliphatic rings. The van der Waals surface area contributed by atoms with Gasteiger partial charge in [0.1, 0.15) is 0 Å². The van der Waals surface area contributed by atoms with Crippen LogP contribution in [-0.2, 0) is 25.3 Å². The van der Waals surface area contributed by atoms with Gasteiger partial charge in [0.25, 0.3) is 0 Å². The fourth-order valence-electron chi connectivity index (χ4n) is 2.56. The van der Waals surface area contributed by atoms with Gasteiger partial charge in [0, 0.05) is 12.5 Å². The summed E-state index contributed by atoms with van der Waals surface area (Å²) in [4.78, 5) is 12.0. The van der Waals surface area contributed by atoms with Gasteiger partial charge in [0.2, 0.25) is 0 Å². The lowest BCUT2D eigenvalue weighted by molar-refractivity contribution is -0.143. The molecule has 0 unspecified atom stereocenters. The first kappa shape index (κ1) is 24.6. The van der Waals surface area contributed by atoms with Crippen molar-refractivity contribution < 1.29 is 18.7 Å². The van der Waals surface area contributed by atoms with E-state index in [0.29, 0.717) is 13.0 Å². The lowest BCUT2D eigenvalue weighted by atomic mass is 10.0. The largest absolute Gasteiger partial charge is 0.469 e. The third-order valence-corrected chi connectivity index (χ3v) is 9.93. The molecule has 28 heavy (non-hydrogen) atoms. The van der Waals surface area contributed by atoms with E-state index in [4.69, 9.17) is 19.6 Å². The van der Waals surface area contributed by atoms with E-state index in [1.807, 2.05) is 30.3 Å². The van der Waals surface area contributed by atoms with Crippen LogP contribution >= 0.6 is 0 Å². The van der Waals surface area contributed by atoms with Crippen LogP contribution in [0.2, 0.25) is 18.1 Å². The number of rotatable bonds is 11. The maximum atomic E-state index is 12.0. The fraction of sp³-hybridized carbons (Fsp3) is 0.591. The average Bonchev–Trinajstić information content (AvgIpc) is 2.63. The fourth-order valence-corrected chi connectivity index (χ4v) is 3.93. The average molecular weight is 408 g/mol. The van der Waals surface area contributed by atoms with Crippen LogP contribution in [-0.4, -0.2) is 39.6 Å². The van der Waals surface area contributed by atoms with E-state index in [0.717, 1.165) is 5.56 Å². The highest BCUT2D eigenvalue weighted by Gasteiger charge is 2.40. The number of ether oxygens (including phenoxy) is 2. The molecule has 0 aliphatic carbocycles.